The van der Waals surface area contributed by atoms with Gasteiger partial charge >= 0.3 is 0 Å². The number of para-hydroxylation sites is 2. The molecule has 0 radical (unpaired) electrons. The second-order valence-electron chi connectivity index (χ2n) is 5.80. The number of nitriles is 1. The molecular weight excluding hydrogens is 388 g/mol. The van der Waals surface area contributed by atoms with E-state index in [-0.39, 0.29) is 18.9 Å². The summed E-state index contributed by atoms with van der Waals surface area (Å²) in [5.41, 5.74) is 3.43. The molecule has 156 valence electrons. The molecule has 0 heterocycles. The van der Waals surface area contributed by atoms with Crippen LogP contribution in [0.3, 0.4) is 0 Å². The first-order valence-electron chi connectivity index (χ1n) is 9.08. The third-order valence-electron chi connectivity index (χ3n) is 3.65. The molecule has 0 aliphatic rings. The number of nitrogens with one attached hydrogen (secondary N) is 2. The normalized spacial score (nSPS) is 10.2. The highest BCUT2D eigenvalue weighted by Crippen LogP contribution is 2.28. The maximum atomic E-state index is 12.2. The van der Waals surface area contributed by atoms with Crippen LogP contribution in [0.15, 0.2) is 47.6 Å². The summed E-state index contributed by atoms with van der Waals surface area (Å²) in [5, 5.41) is 15.0. The van der Waals surface area contributed by atoms with Gasteiger partial charge in [0, 0.05) is 0 Å². The molecule has 9 heteroatoms. The van der Waals surface area contributed by atoms with Gasteiger partial charge in [-0.25, -0.2) is 5.43 Å². The maximum absolute atomic E-state index is 12.2. The van der Waals surface area contributed by atoms with E-state index in [4.69, 9.17) is 19.5 Å². The van der Waals surface area contributed by atoms with Crippen molar-refractivity contribution in [1.29, 1.82) is 5.26 Å². The maximum Gasteiger partial charge on any atom is 0.262 e. The Balaban J connectivity index is 2.00. The van der Waals surface area contributed by atoms with E-state index in [1.807, 2.05) is 6.92 Å². The van der Waals surface area contributed by atoms with Gasteiger partial charge in [-0.3, -0.25) is 9.59 Å². The molecular formula is C21H22N4O5. The predicted octanol–water partition coefficient (Wildman–Crippen LogP) is 2.48. The first-order valence-corrected chi connectivity index (χ1v) is 9.08. The third kappa shape index (κ3) is 6.83. The van der Waals surface area contributed by atoms with E-state index < -0.39 is 5.91 Å². The zero-order valence-corrected chi connectivity index (χ0v) is 16.7. The van der Waals surface area contributed by atoms with Crippen LogP contribution in [0.4, 0.5) is 5.69 Å². The molecule has 0 fully saturated rings. The van der Waals surface area contributed by atoms with E-state index in [1.165, 1.54) is 13.3 Å². The van der Waals surface area contributed by atoms with Crippen LogP contribution in [0.25, 0.3) is 0 Å². The van der Waals surface area contributed by atoms with Gasteiger partial charge < -0.3 is 19.5 Å². The van der Waals surface area contributed by atoms with Gasteiger partial charge in [-0.2, -0.15) is 10.4 Å². The molecule has 2 N–H and O–H groups in total. The fourth-order valence-corrected chi connectivity index (χ4v) is 2.36. The number of methoxy groups -OCH3 is 1. The summed E-state index contributed by atoms with van der Waals surface area (Å²) in [6.45, 7) is 1.99. The molecule has 2 aromatic rings. The highest BCUT2D eigenvalue weighted by molar-refractivity contribution is 5.93. The van der Waals surface area contributed by atoms with Gasteiger partial charge in [-0.1, -0.05) is 12.1 Å². The van der Waals surface area contributed by atoms with E-state index in [9.17, 15) is 9.59 Å². The molecule has 0 unspecified atom stereocenters. The summed E-state index contributed by atoms with van der Waals surface area (Å²) in [6.07, 6.45) is 1.14. The molecule has 0 saturated carbocycles. The van der Waals surface area contributed by atoms with E-state index in [0.717, 1.165) is 0 Å². The number of hydrazone groups is 1. The Bertz CT molecular complexity index is 953. The highest BCUT2D eigenvalue weighted by atomic mass is 16.5. The number of carbonyl (C=O) groups excluding carboxylic acids is 2. The van der Waals surface area contributed by atoms with E-state index in [0.29, 0.717) is 35.1 Å². The topological polar surface area (TPSA) is 122 Å². The number of amides is 2. The van der Waals surface area contributed by atoms with Gasteiger partial charge in [-0.05, 0) is 42.8 Å². The molecule has 9 nitrogen and oxygen atoms in total. The number of hydrogen-bond donors (Lipinski definition) is 2. The zero-order valence-electron chi connectivity index (χ0n) is 16.7. The molecule has 2 aromatic carbocycles. The van der Waals surface area contributed by atoms with Crippen LogP contribution in [0.2, 0.25) is 0 Å². The lowest BCUT2D eigenvalue weighted by Crippen LogP contribution is -2.20. The van der Waals surface area contributed by atoms with Crippen LogP contribution in [0.1, 0.15) is 18.9 Å². The van der Waals surface area contributed by atoms with Crippen LogP contribution in [0, 0.1) is 11.3 Å². The molecule has 2 amide bonds. The van der Waals surface area contributed by atoms with Crippen LogP contribution >= 0.6 is 0 Å². The van der Waals surface area contributed by atoms with Gasteiger partial charge in [-0.15, -0.1) is 0 Å². The fraction of sp³-hybridized carbons (Fsp3) is 0.238. The SMILES string of the molecule is CCOc1cc(/C=N/NC(=O)CC#N)ccc1OCC(=O)Nc1ccccc1OC. The summed E-state index contributed by atoms with van der Waals surface area (Å²) in [4.78, 5) is 23.5. The van der Waals surface area contributed by atoms with Crippen molar-refractivity contribution >= 4 is 23.7 Å². The number of anilines is 1. The minimum Gasteiger partial charge on any atom is -0.495 e. The minimum absolute atomic E-state index is 0.226. The molecule has 0 aliphatic heterocycles. The Morgan fingerprint density at radius 2 is 1.90 bits per heavy atom. The molecule has 2 rings (SSSR count). The largest absolute Gasteiger partial charge is 0.495 e. The average Bonchev–Trinajstić information content (AvgIpc) is 2.74. The standard InChI is InChI=1S/C21H22N4O5/c1-3-29-19-12-15(13-23-25-20(26)10-11-22)8-9-18(19)30-14-21(27)24-16-6-4-5-7-17(16)28-2/h4-9,12-13H,3,10,14H2,1-2H3,(H,24,27)(H,25,26)/b23-13+. The first kappa shape index (κ1) is 22.2. The Kier molecular flexibility index (Phi) is 8.68. The van der Waals surface area contributed by atoms with Crippen molar-refractivity contribution in [2.45, 2.75) is 13.3 Å². The molecule has 0 aliphatic carbocycles. The molecule has 0 bridgehead atoms. The quantitative estimate of drug-likeness (QED) is 0.458. The molecule has 0 spiro atoms. The number of benzene rings is 2. The monoisotopic (exact) mass is 410 g/mol. The van der Waals surface area contributed by atoms with Crippen molar-refractivity contribution in [3.63, 3.8) is 0 Å². The minimum atomic E-state index is -0.500. The zero-order chi connectivity index (χ0) is 21.8. The summed E-state index contributed by atoms with van der Waals surface area (Å²) in [6, 6.07) is 13.8. The molecule has 0 aromatic heterocycles. The van der Waals surface area contributed by atoms with Gasteiger partial charge in [0.05, 0.1) is 31.7 Å². The van der Waals surface area contributed by atoms with Crippen LogP contribution < -0.4 is 25.0 Å². The van der Waals surface area contributed by atoms with Crippen molar-refractivity contribution in [1.82, 2.24) is 5.43 Å². The van der Waals surface area contributed by atoms with Crippen LogP contribution in [0.5, 0.6) is 17.2 Å². The van der Waals surface area contributed by atoms with Crippen molar-refractivity contribution in [3.05, 3.63) is 48.0 Å². The lowest BCUT2D eigenvalue weighted by atomic mass is 10.2. The Morgan fingerprint density at radius 3 is 2.63 bits per heavy atom. The third-order valence-corrected chi connectivity index (χ3v) is 3.65. The van der Waals surface area contributed by atoms with E-state index >= 15 is 0 Å². The second-order valence-corrected chi connectivity index (χ2v) is 5.80. The van der Waals surface area contributed by atoms with Crippen LogP contribution in [-0.4, -0.2) is 38.4 Å². The Labute approximate surface area is 174 Å². The molecule has 30 heavy (non-hydrogen) atoms. The summed E-state index contributed by atoms with van der Waals surface area (Å²) in [5.74, 6) is 0.506. The summed E-state index contributed by atoms with van der Waals surface area (Å²) >= 11 is 0. The Hall–Kier alpha value is -4.06. The van der Waals surface area contributed by atoms with Crippen molar-refractivity contribution in [3.8, 4) is 23.3 Å². The van der Waals surface area contributed by atoms with E-state index in [2.05, 4.69) is 15.8 Å². The lowest BCUT2D eigenvalue weighted by molar-refractivity contribution is -0.120. The average molecular weight is 410 g/mol. The summed E-state index contributed by atoms with van der Waals surface area (Å²) in [7, 11) is 1.52. The lowest BCUT2D eigenvalue weighted by Gasteiger charge is -2.13. The molecule has 0 saturated heterocycles. The fourth-order valence-electron chi connectivity index (χ4n) is 2.36. The van der Waals surface area contributed by atoms with Gasteiger partial charge in [0.2, 0.25) is 0 Å². The second kappa shape index (κ2) is 11.7. The number of rotatable bonds is 10. The van der Waals surface area contributed by atoms with Gasteiger partial charge in [0.1, 0.15) is 12.2 Å². The number of carbonyl (C=O) groups is 2. The number of ether oxygens (including phenoxy) is 3. The van der Waals surface area contributed by atoms with Gasteiger partial charge in [0.15, 0.2) is 18.1 Å². The van der Waals surface area contributed by atoms with E-state index in [1.54, 1.807) is 48.5 Å². The number of hydrogen-bond acceptors (Lipinski definition) is 7. The summed E-state index contributed by atoms with van der Waals surface area (Å²) < 4.78 is 16.4. The number of nitrogens with zero attached hydrogens (tertiary/aromatic N) is 2. The first-order chi connectivity index (χ1) is 14.6. The highest BCUT2D eigenvalue weighted by Gasteiger charge is 2.11. The van der Waals surface area contributed by atoms with Gasteiger partial charge in [0.25, 0.3) is 11.8 Å². The van der Waals surface area contributed by atoms with Crippen LogP contribution in [-0.2, 0) is 9.59 Å². The van der Waals surface area contributed by atoms with Crippen molar-refractivity contribution in [2.24, 2.45) is 5.10 Å². The molecule has 0 atom stereocenters. The van der Waals surface area contributed by atoms with Crippen molar-refractivity contribution < 1.29 is 23.8 Å². The smallest absolute Gasteiger partial charge is 0.262 e. The Morgan fingerprint density at radius 1 is 1.10 bits per heavy atom. The van der Waals surface area contributed by atoms with Crippen molar-refractivity contribution in [2.75, 3.05) is 25.6 Å². The predicted molar refractivity (Wildman–Crippen MR) is 111 cm³/mol.